The number of hydrogen-bond acceptors (Lipinski definition) is 9. The van der Waals surface area contributed by atoms with Crippen molar-refractivity contribution in [3.05, 3.63) is 30.8 Å². The number of aryl methyl sites for hydroxylation is 1. The Hall–Kier alpha value is -3.57. The van der Waals surface area contributed by atoms with Gasteiger partial charge in [-0.15, -0.1) is 5.10 Å². The summed E-state index contributed by atoms with van der Waals surface area (Å²) in [7, 11) is 0. The second-order valence-corrected chi connectivity index (χ2v) is 6.29. The molecule has 0 radical (unpaired) electrons. The van der Waals surface area contributed by atoms with E-state index in [0.717, 1.165) is 5.56 Å². The van der Waals surface area contributed by atoms with Crippen molar-refractivity contribution in [2.24, 2.45) is 0 Å². The van der Waals surface area contributed by atoms with Gasteiger partial charge in [-0.3, -0.25) is 9.59 Å². The number of furan rings is 1. The number of carbonyl (C=O) groups is 2. The second kappa shape index (κ2) is 7.98. The highest BCUT2D eigenvalue weighted by atomic mass is 16.5. The van der Waals surface area contributed by atoms with Gasteiger partial charge in [0.2, 0.25) is 23.5 Å². The zero-order chi connectivity index (χ0) is 19.3. The van der Waals surface area contributed by atoms with E-state index in [4.69, 9.17) is 8.94 Å². The van der Waals surface area contributed by atoms with Crippen LogP contribution in [0.5, 0.6) is 0 Å². The topological polar surface area (TPSA) is 136 Å². The minimum absolute atomic E-state index is 0.00404. The summed E-state index contributed by atoms with van der Waals surface area (Å²) in [5.74, 6) is 0.762. The third kappa shape index (κ3) is 4.05. The molecule has 1 aliphatic heterocycles. The van der Waals surface area contributed by atoms with Gasteiger partial charge in [-0.25, -0.2) is 4.68 Å². The van der Waals surface area contributed by atoms with E-state index in [-0.39, 0.29) is 24.8 Å². The van der Waals surface area contributed by atoms with Crippen molar-refractivity contribution in [2.75, 3.05) is 26.2 Å². The van der Waals surface area contributed by atoms with Crippen LogP contribution < -0.4 is 0 Å². The van der Waals surface area contributed by atoms with Gasteiger partial charge in [0.15, 0.2) is 0 Å². The maximum atomic E-state index is 12.4. The predicted octanol–water partition coefficient (Wildman–Crippen LogP) is -0.380. The maximum Gasteiger partial charge on any atom is 0.244 e. The Morgan fingerprint density at radius 1 is 1.11 bits per heavy atom. The Balaban J connectivity index is 1.22. The van der Waals surface area contributed by atoms with Crippen molar-refractivity contribution in [1.82, 2.24) is 40.1 Å². The molecule has 1 saturated heterocycles. The summed E-state index contributed by atoms with van der Waals surface area (Å²) in [5.41, 5.74) is 0.726. The second-order valence-electron chi connectivity index (χ2n) is 6.29. The van der Waals surface area contributed by atoms with E-state index >= 15 is 0 Å². The third-order valence-electron chi connectivity index (χ3n) is 4.47. The smallest absolute Gasteiger partial charge is 0.244 e. The number of carbonyl (C=O) groups excluding carboxylic acids is 2. The minimum atomic E-state index is -0.0722. The third-order valence-corrected chi connectivity index (χ3v) is 4.47. The molecule has 28 heavy (non-hydrogen) atoms. The molecule has 0 aromatic carbocycles. The molecular weight excluding hydrogens is 368 g/mol. The molecule has 2 amide bonds. The van der Waals surface area contributed by atoms with Crippen molar-refractivity contribution >= 4 is 11.8 Å². The van der Waals surface area contributed by atoms with Crippen LogP contribution in [-0.4, -0.2) is 78.1 Å². The van der Waals surface area contributed by atoms with Crippen molar-refractivity contribution in [1.29, 1.82) is 0 Å². The van der Waals surface area contributed by atoms with Gasteiger partial charge in [0.25, 0.3) is 0 Å². The molecule has 146 valence electrons. The van der Waals surface area contributed by atoms with E-state index < -0.39 is 0 Å². The summed E-state index contributed by atoms with van der Waals surface area (Å²) in [6.45, 7) is 2.04. The lowest BCUT2D eigenvalue weighted by atomic mass is 10.2. The largest absolute Gasteiger partial charge is 0.472 e. The monoisotopic (exact) mass is 386 g/mol. The van der Waals surface area contributed by atoms with E-state index in [2.05, 4.69) is 25.7 Å². The fourth-order valence-corrected chi connectivity index (χ4v) is 2.93. The van der Waals surface area contributed by atoms with Crippen molar-refractivity contribution in [2.45, 2.75) is 19.4 Å². The number of aromatic nitrogens is 6. The van der Waals surface area contributed by atoms with Crippen LogP contribution in [0.25, 0.3) is 11.4 Å². The Kier molecular flexibility index (Phi) is 5.08. The van der Waals surface area contributed by atoms with E-state index in [1.165, 1.54) is 23.5 Å². The molecule has 0 N–H and O–H groups in total. The fourth-order valence-electron chi connectivity index (χ4n) is 2.93. The van der Waals surface area contributed by atoms with Crippen LogP contribution in [0.2, 0.25) is 0 Å². The van der Waals surface area contributed by atoms with E-state index in [0.29, 0.717) is 44.3 Å². The van der Waals surface area contributed by atoms with Gasteiger partial charge in [-0.2, -0.15) is 4.98 Å². The first-order chi connectivity index (χ1) is 13.7. The highest BCUT2D eigenvalue weighted by molar-refractivity contribution is 5.78. The standard InChI is InChI=1S/C16H18N8O4/c25-14(2-1-13-18-16(19-28-13)12-3-8-27-10-12)22-4-6-23(7-5-22)15(26)9-24-11-17-20-21-24/h3,8,10-11H,1-2,4-7,9H2. The molecule has 0 aliphatic carbocycles. The molecule has 0 atom stereocenters. The van der Waals surface area contributed by atoms with Crippen LogP contribution in [0.15, 0.2) is 33.9 Å². The van der Waals surface area contributed by atoms with Crippen LogP contribution in [0.4, 0.5) is 0 Å². The summed E-state index contributed by atoms with van der Waals surface area (Å²) in [5, 5.41) is 14.6. The SMILES string of the molecule is O=C(CCc1nc(-c2ccoc2)no1)N1CCN(C(=O)Cn2cnnn2)CC1. The molecule has 0 saturated carbocycles. The number of amides is 2. The molecule has 3 aromatic heterocycles. The van der Waals surface area contributed by atoms with Crippen LogP contribution in [0, 0.1) is 0 Å². The molecule has 4 heterocycles. The number of rotatable bonds is 6. The number of piperazine rings is 1. The summed E-state index contributed by atoms with van der Waals surface area (Å²) >= 11 is 0. The molecule has 1 aliphatic rings. The van der Waals surface area contributed by atoms with Gasteiger partial charge < -0.3 is 18.7 Å². The summed E-state index contributed by atoms with van der Waals surface area (Å²) in [6.07, 6.45) is 5.09. The molecule has 4 rings (SSSR count). The van der Waals surface area contributed by atoms with Gasteiger partial charge in [0.1, 0.15) is 19.1 Å². The Bertz CT molecular complexity index is 913. The molecule has 1 fully saturated rings. The lowest BCUT2D eigenvalue weighted by Crippen LogP contribution is -2.51. The number of nitrogens with zero attached hydrogens (tertiary/aromatic N) is 8. The zero-order valence-electron chi connectivity index (χ0n) is 15.0. The van der Waals surface area contributed by atoms with Gasteiger partial charge in [-0.05, 0) is 16.5 Å². The van der Waals surface area contributed by atoms with Crippen molar-refractivity contribution in [3.8, 4) is 11.4 Å². The molecular formula is C16H18N8O4. The fraction of sp³-hybridized carbons (Fsp3) is 0.438. The molecule has 12 nitrogen and oxygen atoms in total. The number of hydrogen-bond donors (Lipinski definition) is 0. The maximum absolute atomic E-state index is 12.4. The highest BCUT2D eigenvalue weighted by Gasteiger charge is 2.24. The molecule has 12 heteroatoms. The lowest BCUT2D eigenvalue weighted by molar-refractivity contribution is -0.140. The van der Waals surface area contributed by atoms with Crippen LogP contribution in [0.3, 0.4) is 0 Å². The van der Waals surface area contributed by atoms with E-state index in [9.17, 15) is 9.59 Å². The zero-order valence-corrected chi connectivity index (χ0v) is 15.0. The minimum Gasteiger partial charge on any atom is -0.472 e. The highest BCUT2D eigenvalue weighted by Crippen LogP contribution is 2.16. The summed E-state index contributed by atoms with van der Waals surface area (Å²) in [4.78, 5) is 32.4. The van der Waals surface area contributed by atoms with Gasteiger partial charge in [0.05, 0.1) is 11.8 Å². The van der Waals surface area contributed by atoms with Crippen molar-refractivity contribution < 1.29 is 18.5 Å². The summed E-state index contributed by atoms with van der Waals surface area (Å²) in [6, 6.07) is 1.74. The molecule has 0 spiro atoms. The summed E-state index contributed by atoms with van der Waals surface area (Å²) < 4.78 is 11.5. The van der Waals surface area contributed by atoms with E-state index in [1.54, 1.807) is 15.9 Å². The van der Waals surface area contributed by atoms with Crippen LogP contribution >= 0.6 is 0 Å². The van der Waals surface area contributed by atoms with Gasteiger partial charge >= 0.3 is 0 Å². The van der Waals surface area contributed by atoms with Crippen LogP contribution in [-0.2, 0) is 22.6 Å². The molecule has 0 unspecified atom stereocenters. The Morgan fingerprint density at radius 2 is 1.89 bits per heavy atom. The van der Waals surface area contributed by atoms with Gasteiger partial charge in [-0.1, -0.05) is 5.16 Å². The Labute approximate surface area is 159 Å². The predicted molar refractivity (Wildman–Crippen MR) is 91.3 cm³/mol. The quantitative estimate of drug-likeness (QED) is 0.555. The average Bonchev–Trinajstić information content (AvgIpc) is 3.48. The molecule has 3 aromatic rings. The first kappa shape index (κ1) is 17.8. The first-order valence-electron chi connectivity index (χ1n) is 8.80. The number of tetrazole rings is 1. The molecule has 0 bridgehead atoms. The van der Waals surface area contributed by atoms with Crippen molar-refractivity contribution in [3.63, 3.8) is 0 Å². The first-order valence-corrected chi connectivity index (χ1v) is 8.80. The van der Waals surface area contributed by atoms with Gasteiger partial charge in [0, 0.05) is 39.0 Å². The average molecular weight is 386 g/mol. The van der Waals surface area contributed by atoms with E-state index in [1.807, 2.05) is 0 Å². The normalized spacial score (nSPS) is 14.4. The van der Waals surface area contributed by atoms with Crippen LogP contribution in [0.1, 0.15) is 12.3 Å². The lowest BCUT2D eigenvalue weighted by Gasteiger charge is -2.34. The Morgan fingerprint density at radius 3 is 2.57 bits per heavy atom.